The van der Waals surface area contributed by atoms with Crippen molar-refractivity contribution in [2.75, 3.05) is 0 Å². The Kier molecular flexibility index (Phi) is 9.30. The van der Waals surface area contributed by atoms with E-state index < -0.39 is 35.4 Å². The number of halogens is 7. The molecule has 7 rings (SSSR count). The highest BCUT2D eigenvalue weighted by Gasteiger charge is 2.37. The molecule has 0 radical (unpaired) electrons. The molecule has 0 N–H and O–H groups in total. The fourth-order valence-electron chi connectivity index (χ4n) is 7.44. The lowest BCUT2D eigenvalue weighted by molar-refractivity contribution is -0.274. The van der Waals surface area contributed by atoms with Crippen molar-refractivity contribution in [3.05, 3.63) is 192 Å². The van der Waals surface area contributed by atoms with Crippen molar-refractivity contribution in [1.82, 2.24) is 0 Å². The summed E-state index contributed by atoms with van der Waals surface area (Å²) in [5, 5.41) is 21.1. The second-order valence-corrected chi connectivity index (χ2v) is 12.9. The number of nitriles is 2. The molecule has 0 saturated heterocycles. The largest absolute Gasteiger partial charge is 0.573 e. The average molecular weight is 755 g/mol. The van der Waals surface area contributed by atoms with E-state index in [0.717, 1.165) is 42.0 Å². The van der Waals surface area contributed by atoms with Crippen LogP contribution in [0, 0.1) is 66.0 Å². The van der Waals surface area contributed by atoms with Gasteiger partial charge in [-0.05, 0) is 121 Å². The predicted octanol–water partition coefficient (Wildman–Crippen LogP) is 9.69. The number of alkyl halides is 3. The molecule has 5 aromatic rings. The third kappa shape index (κ3) is 6.34. The maximum absolute atomic E-state index is 15.1. The van der Waals surface area contributed by atoms with Gasteiger partial charge in [0.05, 0.1) is 5.57 Å². The molecule has 0 unspecified atom stereocenters. The molecule has 12 heteroatoms. The van der Waals surface area contributed by atoms with Gasteiger partial charge in [-0.15, -0.1) is 13.2 Å². The SMILES string of the molecule is [C-]#[N+]C([N+]#[C-])=C1Cc2c(-c3ccc(C)cc3)c3c(c(-c4ccc(OC(F)(F)F)cc4)c2=C1c1ccc(F)c(F)c1)CC(=C(C#N)C#N)C=3c1ccc(F)c(F)c1. The van der Waals surface area contributed by atoms with Gasteiger partial charge in [0.15, 0.2) is 23.3 Å². The number of benzene rings is 5. The van der Waals surface area contributed by atoms with Crippen LogP contribution in [0.25, 0.3) is 43.1 Å². The topological polar surface area (TPSA) is 65.5 Å². The van der Waals surface area contributed by atoms with Gasteiger partial charge in [0.25, 0.3) is 0 Å². The van der Waals surface area contributed by atoms with Gasteiger partial charge in [0.2, 0.25) is 0 Å². The van der Waals surface area contributed by atoms with Crippen molar-refractivity contribution in [3.8, 4) is 40.1 Å². The molecule has 0 amide bonds. The second-order valence-electron chi connectivity index (χ2n) is 12.9. The van der Waals surface area contributed by atoms with E-state index in [0.29, 0.717) is 38.3 Å². The average Bonchev–Trinajstić information content (AvgIpc) is 3.74. The van der Waals surface area contributed by atoms with Crippen LogP contribution < -0.4 is 15.2 Å². The summed E-state index contributed by atoms with van der Waals surface area (Å²) >= 11 is 0. The number of nitrogens with zero attached hydrogens (tertiary/aromatic N) is 4. The van der Waals surface area contributed by atoms with Crippen molar-refractivity contribution in [1.29, 1.82) is 10.5 Å². The fourth-order valence-corrected chi connectivity index (χ4v) is 7.44. The minimum Gasteiger partial charge on any atom is -0.406 e. The lowest BCUT2D eigenvalue weighted by atomic mass is 9.85. The molecule has 56 heavy (non-hydrogen) atoms. The van der Waals surface area contributed by atoms with Crippen LogP contribution in [0.1, 0.15) is 27.8 Å². The van der Waals surface area contributed by atoms with Crippen LogP contribution in [0.2, 0.25) is 0 Å². The lowest BCUT2D eigenvalue weighted by Crippen LogP contribution is -2.25. The smallest absolute Gasteiger partial charge is 0.406 e. The van der Waals surface area contributed by atoms with Gasteiger partial charge >= 0.3 is 12.2 Å². The lowest BCUT2D eigenvalue weighted by Gasteiger charge is -2.18. The van der Waals surface area contributed by atoms with Gasteiger partial charge in [-0.25, -0.2) is 17.6 Å². The summed E-state index contributed by atoms with van der Waals surface area (Å²) < 4.78 is 103. The molecule has 0 bridgehead atoms. The highest BCUT2D eigenvalue weighted by atomic mass is 19.4. The van der Waals surface area contributed by atoms with E-state index in [4.69, 9.17) is 13.1 Å². The summed E-state index contributed by atoms with van der Waals surface area (Å²) in [4.78, 5) is 6.94. The molecule has 0 fully saturated rings. The summed E-state index contributed by atoms with van der Waals surface area (Å²) in [6, 6.07) is 22.1. The van der Waals surface area contributed by atoms with Crippen molar-refractivity contribution in [3.63, 3.8) is 0 Å². The first-order valence-electron chi connectivity index (χ1n) is 16.6. The highest BCUT2D eigenvalue weighted by molar-refractivity contribution is 5.98. The molecule has 0 spiro atoms. The van der Waals surface area contributed by atoms with Gasteiger partial charge in [-0.3, -0.25) is 0 Å². The van der Waals surface area contributed by atoms with E-state index >= 15 is 8.78 Å². The molecule has 0 aromatic heterocycles. The first-order valence-corrected chi connectivity index (χ1v) is 16.6. The van der Waals surface area contributed by atoms with Gasteiger partial charge in [0, 0.05) is 6.42 Å². The standard InChI is InChI=1S/C44H21F7N4O/c1-22-4-6-23(7-5-22)37-31-19-32(43(54-2)55-3)40(26-11-15-34(46)36(48)17-26)42(31)38(24-8-12-28(13-9-24)56-44(49,50)51)30-18-29(27(20-52)21-53)39(41(30)37)25-10-14-33(45)35(47)16-25/h4-17H,18-19H2,1H3. The molecule has 5 aromatic carbocycles. The van der Waals surface area contributed by atoms with Gasteiger partial charge in [-0.1, -0.05) is 54.1 Å². The van der Waals surface area contributed by atoms with Crippen molar-refractivity contribution < 1.29 is 35.5 Å². The Morgan fingerprint density at radius 3 is 1.48 bits per heavy atom. The summed E-state index contributed by atoms with van der Waals surface area (Å²) in [7, 11) is 0. The van der Waals surface area contributed by atoms with E-state index in [9.17, 15) is 32.5 Å². The van der Waals surface area contributed by atoms with E-state index in [2.05, 4.69) is 14.4 Å². The maximum Gasteiger partial charge on any atom is 0.573 e. The Labute approximate surface area is 314 Å². The fraction of sp³-hybridized carbons (Fsp3) is 0.0909. The molecule has 2 aliphatic carbocycles. The first-order chi connectivity index (χ1) is 26.8. The van der Waals surface area contributed by atoms with Crippen LogP contribution >= 0.6 is 0 Å². The zero-order valence-electron chi connectivity index (χ0n) is 28.8. The Hall–Kier alpha value is -7.41. The maximum atomic E-state index is 15.1. The number of aryl methyl sites for hydroxylation is 1. The molecule has 272 valence electrons. The van der Waals surface area contributed by atoms with Crippen molar-refractivity contribution >= 4 is 11.1 Å². The second kappa shape index (κ2) is 14.1. The van der Waals surface area contributed by atoms with Crippen LogP contribution in [0.4, 0.5) is 30.7 Å². The zero-order valence-corrected chi connectivity index (χ0v) is 28.8. The minimum absolute atomic E-state index is 0.0869. The first kappa shape index (κ1) is 36.9. The number of fused-ring (bicyclic) bond motifs is 2. The van der Waals surface area contributed by atoms with Crippen molar-refractivity contribution in [2.24, 2.45) is 0 Å². The number of hydrogen-bond donors (Lipinski definition) is 0. The Bertz CT molecular complexity index is 2870. The molecular formula is C44H21F7N4O. The van der Waals surface area contributed by atoms with Crippen LogP contribution in [0.3, 0.4) is 0 Å². The number of hydrogen-bond acceptors (Lipinski definition) is 3. The van der Waals surface area contributed by atoms with Crippen LogP contribution in [-0.4, -0.2) is 6.36 Å². The minimum atomic E-state index is -5.01. The van der Waals surface area contributed by atoms with E-state index in [1.807, 2.05) is 31.2 Å². The summed E-state index contributed by atoms with van der Waals surface area (Å²) in [6.45, 7) is 17.7. The highest BCUT2D eigenvalue weighted by Crippen LogP contribution is 2.43. The monoisotopic (exact) mass is 754 g/mol. The van der Waals surface area contributed by atoms with Gasteiger partial charge < -0.3 is 4.74 Å². The zero-order chi connectivity index (χ0) is 40.1. The Morgan fingerprint density at radius 1 is 0.625 bits per heavy atom. The molecule has 0 aliphatic heterocycles. The summed E-state index contributed by atoms with van der Waals surface area (Å²) in [5.41, 5.74) is 3.88. The summed E-state index contributed by atoms with van der Waals surface area (Å²) in [5.74, 6) is -5.68. The molecule has 0 saturated carbocycles. The molecule has 0 heterocycles. The third-order valence-electron chi connectivity index (χ3n) is 9.66. The van der Waals surface area contributed by atoms with E-state index in [-0.39, 0.29) is 63.2 Å². The number of ether oxygens (including phenoxy) is 1. The van der Waals surface area contributed by atoms with E-state index in [1.54, 1.807) is 12.1 Å². The molecule has 2 aliphatic rings. The Balaban J connectivity index is 1.81. The Morgan fingerprint density at radius 2 is 1.05 bits per heavy atom. The number of rotatable bonds is 5. The number of allylic oxidation sites excluding steroid dienone is 3. The molecule has 5 nitrogen and oxygen atoms in total. The third-order valence-corrected chi connectivity index (χ3v) is 9.66. The van der Waals surface area contributed by atoms with E-state index in [1.165, 1.54) is 24.3 Å². The van der Waals surface area contributed by atoms with Crippen LogP contribution in [0.5, 0.6) is 5.75 Å². The normalized spacial score (nSPS) is 13.0. The summed E-state index contributed by atoms with van der Waals surface area (Å²) in [6.07, 6.45) is -5.32. The molecular weight excluding hydrogens is 733 g/mol. The van der Waals surface area contributed by atoms with Gasteiger partial charge in [0.1, 0.15) is 36.6 Å². The molecule has 0 atom stereocenters. The van der Waals surface area contributed by atoms with Crippen molar-refractivity contribution in [2.45, 2.75) is 26.1 Å². The predicted molar refractivity (Wildman–Crippen MR) is 192 cm³/mol. The van der Waals surface area contributed by atoms with Gasteiger partial charge in [-0.2, -0.15) is 20.2 Å². The quantitative estimate of drug-likeness (QED) is 0.102. The van der Waals surface area contributed by atoms with Crippen LogP contribution in [-0.2, 0) is 12.8 Å². The van der Waals surface area contributed by atoms with Crippen LogP contribution in [0.15, 0.2) is 107 Å².